The van der Waals surface area contributed by atoms with Gasteiger partial charge in [-0.15, -0.1) is 0 Å². The van der Waals surface area contributed by atoms with Crippen LogP contribution in [0.1, 0.15) is 24.4 Å². The first-order chi connectivity index (χ1) is 8.90. The SMILES string of the molecule is Cc1ccc2c(c1)nc(CN(C)C)n2C(C)C(=O)O. The summed E-state index contributed by atoms with van der Waals surface area (Å²) in [6.45, 7) is 4.30. The molecule has 0 fully saturated rings. The van der Waals surface area contributed by atoms with E-state index < -0.39 is 12.0 Å². The number of fused-ring (bicyclic) bond motifs is 1. The third-order valence-corrected chi connectivity index (χ3v) is 3.12. The molecule has 2 aromatic rings. The van der Waals surface area contributed by atoms with Crippen molar-refractivity contribution in [1.29, 1.82) is 0 Å². The second-order valence-electron chi connectivity index (χ2n) is 5.14. The first-order valence-electron chi connectivity index (χ1n) is 6.25. The summed E-state index contributed by atoms with van der Waals surface area (Å²) in [7, 11) is 3.89. The molecule has 102 valence electrons. The fourth-order valence-corrected chi connectivity index (χ4v) is 2.20. The first-order valence-corrected chi connectivity index (χ1v) is 6.25. The highest BCUT2D eigenvalue weighted by molar-refractivity contribution is 5.80. The fraction of sp³-hybridized carbons (Fsp3) is 0.429. The van der Waals surface area contributed by atoms with Gasteiger partial charge in [0.1, 0.15) is 11.9 Å². The molecule has 5 heteroatoms. The van der Waals surface area contributed by atoms with Gasteiger partial charge in [-0.05, 0) is 45.6 Å². The van der Waals surface area contributed by atoms with E-state index in [1.807, 2.05) is 44.1 Å². The van der Waals surface area contributed by atoms with Crippen LogP contribution in [0.2, 0.25) is 0 Å². The highest BCUT2D eigenvalue weighted by atomic mass is 16.4. The number of hydrogen-bond donors (Lipinski definition) is 1. The van der Waals surface area contributed by atoms with E-state index >= 15 is 0 Å². The molecule has 1 N–H and O–H groups in total. The summed E-state index contributed by atoms with van der Waals surface area (Å²) in [5, 5.41) is 9.26. The van der Waals surface area contributed by atoms with Gasteiger partial charge in [0.2, 0.25) is 0 Å². The lowest BCUT2D eigenvalue weighted by Gasteiger charge is -2.16. The minimum absolute atomic E-state index is 0.616. The zero-order chi connectivity index (χ0) is 14.2. The van der Waals surface area contributed by atoms with Crippen molar-refractivity contribution in [1.82, 2.24) is 14.5 Å². The minimum Gasteiger partial charge on any atom is -0.480 e. The molecule has 0 aliphatic carbocycles. The molecule has 19 heavy (non-hydrogen) atoms. The Labute approximate surface area is 112 Å². The molecule has 1 aromatic heterocycles. The number of benzene rings is 1. The number of rotatable bonds is 4. The van der Waals surface area contributed by atoms with Gasteiger partial charge in [-0.25, -0.2) is 9.78 Å². The van der Waals surface area contributed by atoms with Crippen molar-refractivity contribution < 1.29 is 9.90 Å². The number of imidazole rings is 1. The number of aliphatic carboxylic acids is 1. The van der Waals surface area contributed by atoms with Crippen LogP contribution in [0.25, 0.3) is 11.0 Å². The molecule has 0 amide bonds. The number of aromatic nitrogens is 2. The van der Waals surface area contributed by atoms with Gasteiger partial charge in [0.05, 0.1) is 17.6 Å². The predicted octanol–water partition coefficient (Wildman–Crippen LogP) is 2.05. The second-order valence-corrected chi connectivity index (χ2v) is 5.14. The van der Waals surface area contributed by atoms with E-state index in [9.17, 15) is 9.90 Å². The van der Waals surface area contributed by atoms with E-state index in [4.69, 9.17) is 0 Å². The molecule has 2 rings (SSSR count). The van der Waals surface area contributed by atoms with Gasteiger partial charge >= 0.3 is 5.97 Å². The van der Waals surface area contributed by atoms with Crippen molar-refractivity contribution in [2.24, 2.45) is 0 Å². The zero-order valence-electron chi connectivity index (χ0n) is 11.7. The Kier molecular flexibility index (Phi) is 3.57. The van der Waals surface area contributed by atoms with Crippen LogP contribution in [-0.4, -0.2) is 39.6 Å². The van der Waals surface area contributed by atoms with E-state index in [0.29, 0.717) is 6.54 Å². The van der Waals surface area contributed by atoms with Crippen molar-refractivity contribution in [3.05, 3.63) is 29.6 Å². The molecular formula is C14H19N3O2. The molecule has 0 aliphatic rings. The molecule has 0 spiro atoms. The van der Waals surface area contributed by atoms with Crippen molar-refractivity contribution >= 4 is 17.0 Å². The van der Waals surface area contributed by atoms with Crippen LogP contribution in [0.15, 0.2) is 18.2 Å². The Hall–Kier alpha value is -1.88. The number of aryl methyl sites for hydroxylation is 1. The largest absolute Gasteiger partial charge is 0.480 e. The van der Waals surface area contributed by atoms with Gasteiger partial charge in [-0.2, -0.15) is 0 Å². The summed E-state index contributed by atoms with van der Waals surface area (Å²) in [4.78, 5) is 17.8. The maximum absolute atomic E-state index is 11.3. The van der Waals surface area contributed by atoms with Gasteiger partial charge in [-0.1, -0.05) is 6.07 Å². The van der Waals surface area contributed by atoms with Gasteiger partial charge in [0, 0.05) is 0 Å². The van der Waals surface area contributed by atoms with Crippen molar-refractivity contribution in [2.45, 2.75) is 26.4 Å². The predicted molar refractivity (Wildman–Crippen MR) is 74.2 cm³/mol. The van der Waals surface area contributed by atoms with E-state index in [2.05, 4.69) is 4.98 Å². The van der Waals surface area contributed by atoms with Gasteiger partial charge in [0.25, 0.3) is 0 Å². The lowest BCUT2D eigenvalue weighted by Crippen LogP contribution is -2.21. The van der Waals surface area contributed by atoms with E-state index in [1.165, 1.54) is 0 Å². The molecule has 0 aliphatic heterocycles. The highest BCUT2D eigenvalue weighted by Gasteiger charge is 2.21. The maximum atomic E-state index is 11.3. The molecular weight excluding hydrogens is 242 g/mol. The van der Waals surface area contributed by atoms with Crippen LogP contribution in [0.4, 0.5) is 0 Å². The van der Waals surface area contributed by atoms with Crippen molar-refractivity contribution in [2.75, 3.05) is 14.1 Å². The lowest BCUT2D eigenvalue weighted by atomic mass is 10.2. The van der Waals surface area contributed by atoms with E-state index in [0.717, 1.165) is 22.4 Å². The maximum Gasteiger partial charge on any atom is 0.326 e. The highest BCUT2D eigenvalue weighted by Crippen LogP contribution is 2.23. The minimum atomic E-state index is -0.847. The summed E-state index contributed by atoms with van der Waals surface area (Å²) in [5.41, 5.74) is 2.85. The lowest BCUT2D eigenvalue weighted by molar-refractivity contribution is -0.140. The normalized spacial score (nSPS) is 13.1. The molecule has 1 aromatic carbocycles. The molecule has 0 bridgehead atoms. The molecule has 0 radical (unpaired) electrons. The van der Waals surface area contributed by atoms with Crippen LogP contribution in [0.5, 0.6) is 0 Å². The van der Waals surface area contributed by atoms with Gasteiger partial charge in [-0.3, -0.25) is 0 Å². The average Bonchev–Trinajstić information content (AvgIpc) is 2.63. The molecule has 0 saturated carbocycles. The molecule has 1 heterocycles. The second kappa shape index (κ2) is 5.01. The number of hydrogen-bond acceptors (Lipinski definition) is 3. The summed E-state index contributed by atoms with van der Waals surface area (Å²) in [6, 6.07) is 5.28. The topological polar surface area (TPSA) is 58.4 Å². The van der Waals surface area contributed by atoms with Crippen molar-refractivity contribution in [3.63, 3.8) is 0 Å². The van der Waals surface area contributed by atoms with E-state index in [-0.39, 0.29) is 0 Å². The number of carboxylic acids is 1. The fourth-order valence-electron chi connectivity index (χ4n) is 2.20. The number of carbonyl (C=O) groups is 1. The van der Waals surface area contributed by atoms with Gasteiger partial charge < -0.3 is 14.6 Å². The van der Waals surface area contributed by atoms with Crippen molar-refractivity contribution in [3.8, 4) is 0 Å². The molecule has 0 saturated heterocycles. The Balaban J connectivity index is 2.64. The number of nitrogens with zero attached hydrogens (tertiary/aromatic N) is 3. The smallest absolute Gasteiger partial charge is 0.326 e. The van der Waals surface area contributed by atoms with Gasteiger partial charge in [0.15, 0.2) is 0 Å². The monoisotopic (exact) mass is 261 g/mol. The molecule has 5 nitrogen and oxygen atoms in total. The third-order valence-electron chi connectivity index (χ3n) is 3.12. The standard InChI is InChI=1S/C14H19N3O2/c1-9-5-6-12-11(7-9)15-13(8-16(3)4)17(12)10(2)14(18)19/h5-7,10H,8H2,1-4H3,(H,18,19). The molecule has 1 atom stereocenters. The Morgan fingerprint density at radius 2 is 2.16 bits per heavy atom. The van der Waals surface area contributed by atoms with Crippen LogP contribution in [0, 0.1) is 6.92 Å². The quantitative estimate of drug-likeness (QED) is 0.915. The van der Waals surface area contributed by atoms with Crippen LogP contribution < -0.4 is 0 Å². The van der Waals surface area contributed by atoms with E-state index in [1.54, 1.807) is 11.5 Å². The third kappa shape index (κ3) is 2.61. The Morgan fingerprint density at radius 1 is 1.47 bits per heavy atom. The number of carboxylic acid groups (broad SMARTS) is 1. The van der Waals surface area contributed by atoms with Crippen LogP contribution in [-0.2, 0) is 11.3 Å². The summed E-state index contributed by atoms with van der Waals surface area (Å²) in [6.07, 6.45) is 0. The first kappa shape index (κ1) is 13.5. The van der Waals surface area contributed by atoms with Crippen LogP contribution >= 0.6 is 0 Å². The summed E-state index contributed by atoms with van der Waals surface area (Å²) in [5.74, 6) is -0.0691. The summed E-state index contributed by atoms with van der Waals surface area (Å²) >= 11 is 0. The molecule has 1 unspecified atom stereocenters. The average molecular weight is 261 g/mol. The Morgan fingerprint density at radius 3 is 2.74 bits per heavy atom. The Bertz CT molecular complexity index is 616. The zero-order valence-corrected chi connectivity index (χ0v) is 11.7. The van der Waals surface area contributed by atoms with Crippen LogP contribution in [0.3, 0.4) is 0 Å². The summed E-state index contributed by atoms with van der Waals surface area (Å²) < 4.78 is 1.80.